The van der Waals surface area contributed by atoms with Gasteiger partial charge in [0.15, 0.2) is 8.32 Å². The van der Waals surface area contributed by atoms with Gasteiger partial charge in [0.2, 0.25) is 0 Å². The zero-order chi connectivity index (χ0) is 22.9. The molecule has 2 bridgehead atoms. The minimum Gasteiger partial charge on any atom is -0.506 e. The first-order chi connectivity index (χ1) is 14.5. The Hall–Kier alpha value is -1.12. The number of para-hydroxylation sites is 2. The van der Waals surface area contributed by atoms with E-state index < -0.39 is 13.7 Å². The number of hydrogen-bond donors (Lipinski definition) is 2. The van der Waals surface area contributed by atoms with Crippen LogP contribution in [0, 0.1) is 11.3 Å². The zero-order valence-electron chi connectivity index (χ0n) is 20.1. The van der Waals surface area contributed by atoms with Crippen molar-refractivity contribution >= 4 is 14.0 Å². The van der Waals surface area contributed by atoms with Crippen LogP contribution in [0.25, 0.3) is 0 Å². The van der Waals surface area contributed by atoms with Crippen molar-refractivity contribution in [2.24, 2.45) is 11.3 Å². The molecule has 0 amide bonds. The summed E-state index contributed by atoms with van der Waals surface area (Å²) in [5, 5.41) is 21.4. The normalized spacial score (nSPS) is 29.3. The molecule has 2 aliphatic rings. The van der Waals surface area contributed by atoms with E-state index in [-0.39, 0.29) is 36.2 Å². The number of benzene rings is 1. The smallest absolute Gasteiger partial charge is 0.192 e. The summed E-state index contributed by atoms with van der Waals surface area (Å²) in [6.07, 6.45) is 3.01. The lowest BCUT2D eigenvalue weighted by Gasteiger charge is -2.58. The fraction of sp³-hybridized carbons (Fsp3) is 0.750. The highest BCUT2D eigenvalue weighted by Crippen LogP contribution is 2.51. The van der Waals surface area contributed by atoms with Gasteiger partial charge in [-0.25, -0.2) is 0 Å². The molecular weight excluding hydrogens is 410 g/mol. The number of aromatic hydroxyl groups is 1. The Bertz CT molecular complexity index is 737. The largest absolute Gasteiger partial charge is 0.506 e. The number of fused-ring (bicyclic) bond motifs is 2. The Morgan fingerprint density at radius 1 is 1.19 bits per heavy atom. The van der Waals surface area contributed by atoms with Crippen LogP contribution in [0.2, 0.25) is 18.1 Å². The summed E-state index contributed by atoms with van der Waals surface area (Å²) in [7, 11) is -0.340. The van der Waals surface area contributed by atoms with Gasteiger partial charge >= 0.3 is 0 Å². The molecule has 4 atom stereocenters. The van der Waals surface area contributed by atoms with E-state index in [4.69, 9.17) is 13.9 Å². The molecule has 2 N–H and O–H groups in total. The van der Waals surface area contributed by atoms with E-state index in [9.17, 15) is 10.2 Å². The Labute approximate surface area is 188 Å². The lowest BCUT2D eigenvalue weighted by molar-refractivity contribution is -0.127. The Balaban J connectivity index is 1.93. The first kappa shape index (κ1) is 24.5. The molecule has 1 saturated heterocycles. The number of nitrogens with zero attached hydrogens (tertiary/aromatic N) is 1. The topological polar surface area (TPSA) is 71.4 Å². The summed E-state index contributed by atoms with van der Waals surface area (Å²) in [5.74, 6) is 0.481. The second-order valence-electron chi connectivity index (χ2n) is 10.9. The lowest BCUT2D eigenvalue weighted by Crippen LogP contribution is -2.64. The van der Waals surface area contributed by atoms with Crippen LogP contribution in [0.5, 0.6) is 5.75 Å². The number of aliphatic hydroxyl groups is 1. The standard InChI is InChI=1S/C24H41NO5Si/c1-23(2,3)31(5,6)30-22-12-11-18-13-19(22)24(15-26,16-29-17-28-4)14-25(18)20-9-7-8-10-21(20)27/h7-10,18-19,22,26-27H,11-17H2,1-6H3/t18-,19-,22?,24-/m1/s1. The summed E-state index contributed by atoms with van der Waals surface area (Å²) in [5.41, 5.74) is 0.351. The number of aliphatic hydroxyl groups excluding tert-OH is 1. The molecule has 1 aromatic rings. The molecule has 0 spiro atoms. The second kappa shape index (κ2) is 9.39. The highest BCUT2D eigenvalue weighted by Gasteiger charge is 2.54. The van der Waals surface area contributed by atoms with Crippen LogP contribution in [-0.4, -0.2) is 64.3 Å². The SMILES string of the molecule is COCOC[C@]1(CO)CN(c2ccccc2O)[C@@H]2CCC(O[Si](C)(C)C(C)(C)C)[C@H]1C2. The quantitative estimate of drug-likeness (QED) is 0.347. The first-order valence-corrected chi connectivity index (χ1v) is 14.4. The van der Waals surface area contributed by atoms with Gasteiger partial charge in [0, 0.05) is 31.2 Å². The fourth-order valence-corrected chi connectivity index (χ4v) is 6.41. The predicted molar refractivity (Wildman–Crippen MR) is 126 cm³/mol. The minimum atomic E-state index is -1.95. The number of ether oxygens (including phenoxy) is 2. The van der Waals surface area contributed by atoms with Crippen LogP contribution in [0.3, 0.4) is 0 Å². The van der Waals surface area contributed by atoms with Crippen molar-refractivity contribution in [3.05, 3.63) is 24.3 Å². The van der Waals surface area contributed by atoms with Crippen LogP contribution in [0.1, 0.15) is 40.0 Å². The maximum atomic E-state index is 10.7. The molecule has 1 aromatic carbocycles. The van der Waals surface area contributed by atoms with E-state index in [0.717, 1.165) is 24.9 Å². The number of piperidine rings is 1. The van der Waals surface area contributed by atoms with Crippen molar-refractivity contribution in [2.45, 2.75) is 70.3 Å². The number of phenols is 1. The molecule has 0 aromatic heterocycles. The van der Waals surface area contributed by atoms with Crippen LogP contribution >= 0.6 is 0 Å². The summed E-state index contributed by atoms with van der Waals surface area (Å²) in [6.45, 7) is 12.6. The number of anilines is 1. The molecule has 1 aliphatic carbocycles. The first-order valence-electron chi connectivity index (χ1n) is 11.4. The zero-order valence-corrected chi connectivity index (χ0v) is 21.1. The maximum Gasteiger partial charge on any atom is 0.192 e. The van der Waals surface area contributed by atoms with Gasteiger partial charge in [-0.15, -0.1) is 0 Å². The van der Waals surface area contributed by atoms with Gasteiger partial charge in [0.05, 0.1) is 18.9 Å². The van der Waals surface area contributed by atoms with E-state index in [0.29, 0.717) is 19.2 Å². The van der Waals surface area contributed by atoms with Crippen molar-refractivity contribution in [1.82, 2.24) is 0 Å². The predicted octanol–water partition coefficient (Wildman–Crippen LogP) is 4.37. The Morgan fingerprint density at radius 3 is 2.52 bits per heavy atom. The summed E-state index contributed by atoms with van der Waals surface area (Å²) < 4.78 is 17.9. The molecule has 31 heavy (non-hydrogen) atoms. The number of hydrogen-bond acceptors (Lipinski definition) is 6. The van der Waals surface area contributed by atoms with E-state index in [1.165, 1.54) is 0 Å². The molecule has 1 heterocycles. The van der Waals surface area contributed by atoms with Crippen molar-refractivity contribution in [2.75, 3.05) is 38.6 Å². The van der Waals surface area contributed by atoms with Gasteiger partial charge in [-0.3, -0.25) is 0 Å². The average molecular weight is 452 g/mol. The molecule has 0 radical (unpaired) electrons. The Kier molecular flexibility index (Phi) is 7.43. The van der Waals surface area contributed by atoms with E-state index in [1.807, 2.05) is 18.2 Å². The van der Waals surface area contributed by atoms with Crippen molar-refractivity contribution in [3.63, 3.8) is 0 Å². The molecular formula is C24H41NO5Si. The number of phenolic OH excluding ortho intramolecular Hbond substituents is 1. The molecule has 2 fully saturated rings. The summed E-state index contributed by atoms with van der Waals surface area (Å²) >= 11 is 0. The molecule has 1 saturated carbocycles. The van der Waals surface area contributed by atoms with Crippen LogP contribution in [0.4, 0.5) is 5.69 Å². The van der Waals surface area contributed by atoms with Gasteiger partial charge < -0.3 is 29.0 Å². The van der Waals surface area contributed by atoms with Gasteiger partial charge in [-0.05, 0) is 55.4 Å². The van der Waals surface area contributed by atoms with E-state index >= 15 is 0 Å². The fourth-order valence-electron chi connectivity index (χ4n) is 5.01. The van der Waals surface area contributed by atoms with Gasteiger partial charge in [-0.1, -0.05) is 32.9 Å². The molecule has 176 valence electrons. The molecule has 7 heteroatoms. The number of rotatable bonds is 8. The second-order valence-corrected chi connectivity index (χ2v) is 15.6. The third kappa shape index (κ3) is 4.96. The molecule has 1 unspecified atom stereocenters. The molecule has 3 rings (SSSR count). The maximum absolute atomic E-state index is 10.7. The van der Waals surface area contributed by atoms with Crippen molar-refractivity contribution in [3.8, 4) is 5.75 Å². The summed E-state index contributed by atoms with van der Waals surface area (Å²) in [6, 6.07) is 7.81. The van der Waals surface area contributed by atoms with Crippen LogP contribution < -0.4 is 4.90 Å². The molecule has 6 nitrogen and oxygen atoms in total. The van der Waals surface area contributed by atoms with Gasteiger partial charge in [0.1, 0.15) is 12.5 Å². The van der Waals surface area contributed by atoms with Crippen molar-refractivity contribution in [1.29, 1.82) is 0 Å². The van der Waals surface area contributed by atoms with E-state index in [2.05, 4.69) is 38.8 Å². The molecule has 1 aliphatic heterocycles. The van der Waals surface area contributed by atoms with E-state index in [1.54, 1.807) is 13.2 Å². The third-order valence-corrected chi connectivity index (χ3v) is 12.3. The third-order valence-electron chi connectivity index (χ3n) is 7.82. The van der Waals surface area contributed by atoms with Crippen molar-refractivity contribution < 1.29 is 24.1 Å². The highest BCUT2D eigenvalue weighted by molar-refractivity contribution is 6.74. The summed E-state index contributed by atoms with van der Waals surface area (Å²) in [4.78, 5) is 2.28. The highest BCUT2D eigenvalue weighted by atomic mass is 28.4. The van der Waals surface area contributed by atoms with Crippen LogP contribution in [-0.2, 0) is 13.9 Å². The Morgan fingerprint density at radius 2 is 1.90 bits per heavy atom. The average Bonchev–Trinajstić information content (AvgIpc) is 2.71. The lowest BCUT2D eigenvalue weighted by atomic mass is 9.63. The minimum absolute atomic E-state index is 0.00948. The van der Waals surface area contributed by atoms with Gasteiger partial charge in [-0.2, -0.15) is 0 Å². The van der Waals surface area contributed by atoms with Crippen LogP contribution in [0.15, 0.2) is 24.3 Å². The number of methoxy groups -OCH3 is 1. The van der Waals surface area contributed by atoms with Gasteiger partial charge in [0.25, 0.3) is 0 Å². The monoisotopic (exact) mass is 451 g/mol.